The molecule has 10 nitrogen and oxygen atoms in total. The van der Waals surface area contributed by atoms with E-state index in [1.165, 1.54) is 0 Å². The highest BCUT2D eigenvalue weighted by molar-refractivity contribution is 7.99. The van der Waals surface area contributed by atoms with Crippen LogP contribution in [-0.2, 0) is 10.6 Å². The SMILES string of the molecule is CC(C)(C)OC(=O)N1CCC(n2cc(-c3cnc4cccc(-c5ccc(C(O)(O)N6CCSCC6)cc5)c4n3)cn2)CC1. The van der Waals surface area contributed by atoms with Gasteiger partial charge >= 0.3 is 6.09 Å². The van der Waals surface area contributed by atoms with Gasteiger partial charge in [-0.1, -0.05) is 36.4 Å². The van der Waals surface area contributed by atoms with E-state index < -0.39 is 11.5 Å². The number of rotatable bonds is 5. The molecule has 0 atom stereocenters. The fourth-order valence-electron chi connectivity index (χ4n) is 5.65. The number of likely N-dealkylation sites (tertiary alicyclic amines) is 1. The molecule has 2 fully saturated rings. The maximum atomic E-state index is 12.5. The summed E-state index contributed by atoms with van der Waals surface area (Å²) in [5.41, 5.74) is 4.90. The molecule has 226 valence electrons. The summed E-state index contributed by atoms with van der Waals surface area (Å²) in [5, 5.41) is 26.4. The molecule has 11 heteroatoms. The Bertz CT molecular complexity index is 1590. The van der Waals surface area contributed by atoms with Crippen LogP contribution in [0.1, 0.15) is 45.2 Å². The van der Waals surface area contributed by atoms with Crippen molar-refractivity contribution in [3.8, 4) is 22.4 Å². The summed E-state index contributed by atoms with van der Waals surface area (Å²) >= 11 is 1.82. The largest absolute Gasteiger partial charge is 0.444 e. The van der Waals surface area contributed by atoms with E-state index in [1.54, 1.807) is 28.1 Å². The zero-order valence-corrected chi connectivity index (χ0v) is 25.6. The highest BCUT2D eigenvalue weighted by Crippen LogP contribution is 2.32. The highest BCUT2D eigenvalue weighted by atomic mass is 32.2. The van der Waals surface area contributed by atoms with Crippen molar-refractivity contribution in [1.29, 1.82) is 0 Å². The Morgan fingerprint density at radius 1 is 0.953 bits per heavy atom. The first-order valence-corrected chi connectivity index (χ1v) is 15.9. The van der Waals surface area contributed by atoms with Crippen LogP contribution in [0.2, 0.25) is 0 Å². The Morgan fingerprint density at radius 2 is 1.67 bits per heavy atom. The van der Waals surface area contributed by atoms with Gasteiger partial charge in [0.1, 0.15) is 5.60 Å². The van der Waals surface area contributed by atoms with E-state index >= 15 is 0 Å². The molecule has 43 heavy (non-hydrogen) atoms. The van der Waals surface area contributed by atoms with Crippen molar-refractivity contribution in [1.82, 2.24) is 29.5 Å². The molecule has 0 saturated carbocycles. The van der Waals surface area contributed by atoms with Crippen LogP contribution in [0, 0.1) is 0 Å². The number of nitrogens with zero attached hydrogens (tertiary/aromatic N) is 6. The summed E-state index contributed by atoms with van der Waals surface area (Å²) in [4.78, 5) is 25.6. The van der Waals surface area contributed by atoms with E-state index in [0.717, 1.165) is 57.8 Å². The molecule has 0 spiro atoms. The monoisotopic (exact) mass is 602 g/mol. The molecular formula is C32H38N6O4S. The predicted octanol–water partition coefficient (Wildman–Crippen LogP) is 4.88. The van der Waals surface area contributed by atoms with E-state index in [4.69, 9.17) is 14.7 Å². The third-order valence-electron chi connectivity index (χ3n) is 8.00. The minimum Gasteiger partial charge on any atom is -0.444 e. The Hall–Kier alpha value is -3.51. The summed E-state index contributed by atoms with van der Waals surface area (Å²) in [6.45, 7) is 8.14. The third-order valence-corrected chi connectivity index (χ3v) is 8.94. The van der Waals surface area contributed by atoms with Crippen molar-refractivity contribution in [2.75, 3.05) is 37.7 Å². The molecular weight excluding hydrogens is 564 g/mol. The molecule has 2 N–H and O–H groups in total. The van der Waals surface area contributed by atoms with Crippen molar-refractivity contribution in [2.45, 2.75) is 51.2 Å². The molecule has 2 saturated heterocycles. The normalized spacial score (nSPS) is 17.4. The molecule has 6 rings (SSSR count). The third kappa shape index (κ3) is 6.40. The Labute approximate surface area is 255 Å². The van der Waals surface area contributed by atoms with Crippen LogP contribution >= 0.6 is 11.8 Å². The number of para-hydroxylation sites is 1. The Balaban J connectivity index is 1.20. The molecule has 0 unspecified atom stereocenters. The van der Waals surface area contributed by atoms with Crippen LogP contribution in [-0.4, -0.2) is 89.1 Å². The molecule has 2 aromatic heterocycles. The Kier molecular flexibility index (Phi) is 8.16. The van der Waals surface area contributed by atoms with Gasteiger partial charge in [0.25, 0.3) is 5.91 Å². The van der Waals surface area contributed by atoms with Gasteiger partial charge in [0.15, 0.2) is 0 Å². The molecule has 2 aliphatic rings. The smallest absolute Gasteiger partial charge is 0.410 e. The quantitative estimate of drug-likeness (QED) is 0.309. The van der Waals surface area contributed by atoms with Crippen molar-refractivity contribution in [2.24, 2.45) is 0 Å². The number of carbonyl (C=O) groups is 1. The van der Waals surface area contributed by atoms with Crippen molar-refractivity contribution in [3.05, 3.63) is 66.6 Å². The number of piperidine rings is 1. The number of carbonyl (C=O) groups excluding carboxylic acids is 1. The molecule has 0 radical (unpaired) electrons. The standard InChI is InChI=1S/C32H38N6O4S/c1-31(2,3)42-30(39)36-13-11-25(12-14-36)38-21-23(19-34-38)28-20-33-27-6-4-5-26(29(27)35-28)22-7-9-24(10-8-22)32(40,41)37-15-17-43-18-16-37/h4-10,19-21,25,40-41H,11-18H2,1-3H3. The number of ether oxygens (including phenoxy) is 1. The zero-order valence-electron chi connectivity index (χ0n) is 24.8. The first-order valence-electron chi connectivity index (χ1n) is 14.8. The summed E-state index contributed by atoms with van der Waals surface area (Å²) in [6, 6.07) is 13.4. The van der Waals surface area contributed by atoms with Crippen LogP contribution in [0.25, 0.3) is 33.4 Å². The first-order chi connectivity index (χ1) is 20.6. The van der Waals surface area contributed by atoms with E-state index in [-0.39, 0.29) is 12.1 Å². The van der Waals surface area contributed by atoms with Gasteiger partial charge in [0, 0.05) is 60.6 Å². The average Bonchev–Trinajstić information content (AvgIpc) is 3.51. The van der Waals surface area contributed by atoms with Crippen molar-refractivity contribution in [3.63, 3.8) is 0 Å². The average molecular weight is 603 g/mol. The maximum Gasteiger partial charge on any atom is 0.410 e. The number of thioether (sulfide) groups is 1. The summed E-state index contributed by atoms with van der Waals surface area (Å²) in [6.07, 6.45) is 6.91. The molecule has 1 amide bonds. The molecule has 2 aromatic carbocycles. The van der Waals surface area contributed by atoms with Gasteiger partial charge in [-0.05, 0) is 45.2 Å². The van der Waals surface area contributed by atoms with E-state index in [9.17, 15) is 15.0 Å². The minimum absolute atomic E-state index is 0.184. The van der Waals surface area contributed by atoms with Gasteiger partial charge in [-0.2, -0.15) is 16.9 Å². The van der Waals surface area contributed by atoms with Crippen molar-refractivity contribution >= 4 is 28.9 Å². The fraction of sp³-hybridized carbons (Fsp3) is 0.438. The lowest BCUT2D eigenvalue weighted by Crippen LogP contribution is -2.49. The predicted molar refractivity (Wildman–Crippen MR) is 167 cm³/mol. The fourth-order valence-corrected chi connectivity index (χ4v) is 6.55. The minimum atomic E-state index is -2.00. The van der Waals surface area contributed by atoms with Crippen LogP contribution in [0.3, 0.4) is 0 Å². The number of aliphatic hydroxyl groups is 2. The summed E-state index contributed by atoms with van der Waals surface area (Å²) in [7, 11) is 0. The second-order valence-corrected chi connectivity index (χ2v) is 13.4. The van der Waals surface area contributed by atoms with Gasteiger partial charge in [0.05, 0.1) is 35.2 Å². The lowest BCUT2D eigenvalue weighted by Gasteiger charge is -2.37. The van der Waals surface area contributed by atoms with Crippen molar-refractivity contribution < 1.29 is 19.7 Å². The van der Waals surface area contributed by atoms with Crippen LogP contribution < -0.4 is 0 Å². The second kappa shape index (κ2) is 11.9. The molecule has 4 heterocycles. The van der Waals surface area contributed by atoms with Crippen LogP contribution in [0.15, 0.2) is 61.1 Å². The number of amides is 1. The second-order valence-electron chi connectivity index (χ2n) is 12.1. The first kappa shape index (κ1) is 29.6. The van der Waals surface area contributed by atoms with Gasteiger partial charge < -0.3 is 19.8 Å². The molecule has 2 aliphatic heterocycles. The topological polar surface area (TPSA) is 117 Å². The number of aromatic nitrogens is 4. The van der Waals surface area contributed by atoms with E-state index in [1.807, 2.05) is 79.9 Å². The maximum absolute atomic E-state index is 12.5. The number of hydrogen-bond acceptors (Lipinski definition) is 9. The Morgan fingerprint density at radius 3 is 2.37 bits per heavy atom. The summed E-state index contributed by atoms with van der Waals surface area (Å²) < 4.78 is 7.49. The van der Waals surface area contributed by atoms with Crippen LogP contribution in [0.5, 0.6) is 0 Å². The van der Waals surface area contributed by atoms with Gasteiger partial charge in [-0.25, -0.2) is 14.7 Å². The lowest BCUT2D eigenvalue weighted by atomic mass is 10.0. The van der Waals surface area contributed by atoms with Gasteiger partial charge in [-0.3, -0.25) is 9.67 Å². The zero-order chi connectivity index (χ0) is 30.2. The van der Waals surface area contributed by atoms with Crippen LogP contribution in [0.4, 0.5) is 4.79 Å². The summed E-state index contributed by atoms with van der Waals surface area (Å²) in [5.74, 6) is -0.244. The number of benzene rings is 2. The van der Waals surface area contributed by atoms with Gasteiger partial charge in [0.2, 0.25) is 0 Å². The molecule has 0 aliphatic carbocycles. The van der Waals surface area contributed by atoms with E-state index in [0.29, 0.717) is 31.7 Å². The number of hydrogen-bond donors (Lipinski definition) is 2. The number of fused-ring (bicyclic) bond motifs is 1. The lowest BCUT2D eigenvalue weighted by molar-refractivity contribution is -0.273. The van der Waals surface area contributed by atoms with Gasteiger partial charge in [-0.15, -0.1) is 0 Å². The highest BCUT2D eigenvalue weighted by Gasteiger charge is 2.35. The van der Waals surface area contributed by atoms with E-state index in [2.05, 4.69) is 5.10 Å². The molecule has 0 bridgehead atoms. The molecule has 4 aromatic rings.